The predicted molar refractivity (Wildman–Crippen MR) is 91.0 cm³/mol. The van der Waals surface area contributed by atoms with Crippen molar-refractivity contribution in [2.24, 2.45) is 0 Å². The summed E-state index contributed by atoms with van der Waals surface area (Å²) in [5, 5.41) is -0.189. The smallest absolute Gasteiger partial charge is 0.223 e. The lowest BCUT2D eigenvalue weighted by Gasteiger charge is -2.33. The van der Waals surface area contributed by atoms with E-state index in [9.17, 15) is 13.2 Å². The quantitative estimate of drug-likeness (QED) is 0.765. The molecule has 0 aromatic carbocycles. The summed E-state index contributed by atoms with van der Waals surface area (Å²) in [6.45, 7) is 1.91. The van der Waals surface area contributed by atoms with Gasteiger partial charge in [0.1, 0.15) is 0 Å². The molecule has 6 heteroatoms. The third kappa shape index (κ3) is 3.73. The molecule has 2 atom stereocenters. The summed E-state index contributed by atoms with van der Waals surface area (Å²) in [7, 11) is -0.948. The molecule has 0 aromatic rings. The molecule has 0 spiro atoms. The van der Waals surface area contributed by atoms with Crippen molar-refractivity contribution in [2.75, 3.05) is 25.9 Å². The SMILES string of the molecule is CN1CCC[C@H]1[C@H]1CCCN1C(=O)CCS(=O)(=O)C1CCCC1. The number of likely N-dealkylation sites (tertiary alicyclic amines) is 2. The van der Waals surface area contributed by atoms with Gasteiger partial charge in [0.2, 0.25) is 5.91 Å². The molecule has 0 N–H and O–H groups in total. The highest BCUT2D eigenvalue weighted by Crippen LogP contribution is 2.30. The zero-order valence-corrected chi connectivity index (χ0v) is 15.1. The number of amides is 1. The van der Waals surface area contributed by atoms with Crippen LogP contribution in [0.1, 0.15) is 57.8 Å². The third-order valence-corrected chi connectivity index (χ3v) is 8.31. The maximum absolute atomic E-state index is 12.6. The van der Waals surface area contributed by atoms with Crippen LogP contribution in [0.15, 0.2) is 0 Å². The Morgan fingerprint density at radius 1 is 0.957 bits per heavy atom. The zero-order chi connectivity index (χ0) is 16.4. The summed E-state index contributed by atoms with van der Waals surface area (Å²) < 4.78 is 24.7. The van der Waals surface area contributed by atoms with Crippen molar-refractivity contribution in [3.8, 4) is 0 Å². The van der Waals surface area contributed by atoms with E-state index in [1.165, 1.54) is 6.42 Å². The Morgan fingerprint density at radius 3 is 2.26 bits per heavy atom. The van der Waals surface area contributed by atoms with Crippen LogP contribution in [0.25, 0.3) is 0 Å². The Kier molecular flexibility index (Phi) is 5.31. The maximum Gasteiger partial charge on any atom is 0.223 e. The minimum atomic E-state index is -3.09. The summed E-state index contributed by atoms with van der Waals surface area (Å²) in [5.74, 6) is 0.0922. The molecule has 0 aromatic heterocycles. The number of likely N-dealkylation sites (N-methyl/N-ethyl adjacent to an activating group) is 1. The van der Waals surface area contributed by atoms with Gasteiger partial charge in [0, 0.05) is 25.0 Å². The Hall–Kier alpha value is -0.620. The van der Waals surface area contributed by atoms with Gasteiger partial charge in [-0.1, -0.05) is 12.8 Å². The van der Waals surface area contributed by atoms with E-state index in [-0.39, 0.29) is 23.3 Å². The van der Waals surface area contributed by atoms with E-state index in [1.807, 2.05) is 4.90 Å². The number of hydrogen-bond acceptors (Lipinski definition) is 4. The lowest BCUT2D eigenvalue weighted by atomic mass is 10.0. The summed E-state index contributed by atoms with van der Waals surface area (Å²) in [6, 6.07) is 0.761. The van der Waals surface area contributed by atoms with Crippen molar-refractivity contribution >= 4 is 15.7 Å². The Morgan fingerprint density at radius 2 is 1.61 bits per heavy atom. The minimum Gasteiger partial charge on any atom is -0.338 e. The number of rotatable bonds is 5. The first kappa shape index (κ1) is 17.2. The summed E-state index contributed by atoms with van der Waals surface area (Å²) in [4.78, 5) is 17.0. The van der Waals surface area contributed by atoms with Crippen LogP contribution in [0.3, 0.4) is 0 Å². The van der Waals surface area contributed by atoms with E-state index < -0.39 is 9.84 Å². The Bertz CT molecular complexity index is 528. The van der Waals surface area contributed by atoms with Crippen molar-refractivity contribution in [2.45, 2.75) is 75.1 Å². The Labute approximate surface area is 140 Å². The lowest BCUT2D eigenvalue weighted by molar-refractivity contribution is -0.132. The van der Waals surface area contributed by atoms with E-state index in [1.54, 1.807) is 0 Å². The van der Waals surface area contributed by atoms with E-state index in [2.05, 4.69) is 11.9 Å². The highest BCUT2D eigenvalue weighted by molar-refractivity contribution is 7.92. The van der Waals surface area contributed by atoms with E-state index in [0.717, 1.165) is 58.0 Å². The molecule has 2 aliphatic heterocycles. The van der Waals surface area contributed by atoms with Gasteiger partial charge in [0.05, 0.1) is 11.0 Å². The monoisotopic (exact) mass is 342 g/mol. The first-order valence-corrected chi connectivity index (χ1v) is 10.9. The largest absolute Gasteiger partial charge is 0.338 e. The number of sulfone groups is 1. The molecule has 2 saturated heterocycles. The second kappa shape index (κ2) is 7.09. The molecule has 3 fully saturated rings. The fourth-order valence-corrected chi connectivity index (χ4v) is 6.56. The molecule has 0 unspecified atom stereocenters. The van der Waals surface area contributed by atoms with Crippen molar-refractivity contribution in [1.29, 1.82) is 0 Å². The van der Waals surface area contributed by atoms with Gasteiger partial charge in [-0.3, -0.25) is 4.79 Å². The second-order valence-corrected chi connectivity index (χ2v) is 9.91. The number of nitrogens with zero attached hydrogens (tertiary/aromatic N) is 2. The third-order valence-electron chi connectivity index (χ3n) is 6.05. The zero-order valence-electron chi connectivity index (χ0n) is 14.2. The van der Waals surface area contributed by atoms with Crippen molar-refractivity contribution in [1.82, 2.24) is 9.80 Å². The molecule has 1 saturated carbocycles. The van der Waals surface area contributed by atoms with E-state index >= 15 is 0 Å². The van der Waals surface area contributed by atoms with E-state index in [0.29, 0.717) is 12.1 Å². The topological polar surface area (TPSA) is 57.7 Å². The molecular weight excluding hydrogens is 312 g/mol. The van der Waals surface area contributed by atoms with Crippen LogP contribution < -0.4 is 0 Å². The van der Waals surface area contributed by atoms with Gasteiger partial charge in [0.15, 0.2) is 9.84 Å². The molecule has 5 nitrogen and oxygen atoms in total. The molecule has 0 bridgehead atoms. The highest BCUT2D eigenvalue weighted by Gasteiger charge is 2.38. The number of hydrogen-bond donors (Lipinski definition) is 0. The molecule has 0 radical (unpaired) electrons. The Balaban J connectivity index is 1.57. The van der Waals surface area contributed by atoms with Gasteiger partial charge in [-0.25, -0.2) is 8.42 Å². The fourth-order valence-electron chi connectivity index (χ4n) is 4.71. The average molecular weight is 343 g/mol. The molecule has 3 rings (SSSR count). The van der Waals surface area contributed by atoms with Gasteiger partial charge in [-0.05, 0) is 52.1 Å². The van der Waals surface area contributed by atoms with Crippen molar-refractivity contribution < 1.29 is 13.2 Å². The molecule has 3 aliphatic rings. The second-order valence-electron chi connectivity index (χ2n) is 7.51. The predicted octanol–water partition coefficient (Wildman–Crippen LogP) is 1.82. The van der Waals surface area contributed by atoms with Gasteiger partial charge in [0.25, 0.3) is 0 Å². The number of carbonyl (C=O) groups is 1. The molecular formula is C17H30N2O3S. The average Bonchev–Trinajstić information content (AvgIpc) is 3.24. The molecule has 1 aliphatic carbocycles. The molecule has 2 heterocycles. The number of carbonyl (C=O) groups excluding carboxylic acids is 1. The van der Waals surface area contributed by atoms with Crippen LogP contribution in [-0.2, 0) is 14.6 Å². The van der Waals surface area contributed by atoms with Crippen LogP contribution in [0, 0.1) is 0 Å². The minimum absolute atomic E-state index is 0.0419. The van der Waals surface area contributed by atoms with Crippen LogP contribution in [0.4, 0.5) is 0 Å². The summed E-state index contributed by atoms with van der Waals surface area (Å²) in [6.07, 6.45) is 8.25. The summed E-state index contributed by atoms with van der Waals surface area (Å²) in [5.41, 5.74) is 0. The molecule has 23 heavy (non-hydrogen) atoms. The van der Waals surface area contributed by atoms with Crippen LogP contribution in [-0.4, -0.2) is 67.3 Å². The van der Waals surface area contributed by atoms with Crippen LogP contribution in [0.2, 0.25) is 0 Å². The van der Waals surface area contributed by atoms with Crippen molar-refractivity contribution in [3.63, 3.8) is 0 Å². The van der Waals surface area contributed by atoms with Gasteiger partial charge in [-0.2, -0.15) is 0 Å². The fraction of sp³-hybridized carbons (Fsp3) is 0.941. The highest BCUT2D eigenvalue weighted by atomic mass is 32.2. The maximum atomic E-state index is 12.6. The first-order valence-electron chi connectivity index (χ1n) is 9.20. The van der Waals surface area contributed by atoms with Gasteiger partial charge >= 0.3 is 0 Å². The lowest BCUT2D eigenvalue weighted by Crippen LogP contribution is -2.47. The van der Waals surface area contributed by atoms with E-state index in [4.69, 9.17) is 0 Å². The van der Waals surface area contributed by atoms with Crippen LogP contribution >= 0.6 is 0 Å². The van der Waals surface area contributed by atoms with Gasteiger partial charge < -0.3 is 9.80 Å². The van der Waals surface area contributed by atoms with Gasteiger partial charge in [-0.15, -0.1) is 0 Å². The normalized spacial score (nSPS) is 30.4. The summed E-state index contributed by atoms with van der Waals surface area (Å²) >= 11 is 0. The van der Waals surface area contributed by atoms with Crippen molar-refractivity contribution in [3.05, 3.63) is 0 Å². The molecule has 132 valence electrons. The first-order chi connectivity index (χ1) is 11.0. The standard InChI is InChI=1S/C17H30N2O3S/c1-18-11-4-8-15(18)16-9-5-12-19(16)17(20)10-13-23(21,22)14-6-2-3-7-14/h14-16H,2-13H2,1H3/t15-,16+/m0/s1. The molecule has 1 amide bonds. The van der Waals surface area contributed by atoms with Crippen LogP contribution in [0.5, 0.6) is 0 Å².